The maximum Gasteiger partial charge on any atom is 0.309 e. The highest BCUT2D eigenvalue weighted by molar-refractivity contribution is 5.71. The lowest BCUT2D eigenvalue weighted by Crippen LogP contribution is -2.46. The van der Waals surface area contributed by atoms with Crippen LogP contribution in [0.25, 0.3) is 0 Å². The second-order valence-corrected chi connectivity index (χ2v) is 6.36. The fourth-order valence-electron chi connectivity index (χ4n) is 2.25. The summed E-state index contributed by atoms with van der Waals surface area (Å²) in [6.07, 6.45) is 0. The number of carbonyl (C=O) groups is 1. The van der Waals surface area contributed by atoms with Gasteiger partial charge in [-0.3, -0.25) is 14.6 Å². The average Bonchev–Trinajstić information content (AvgIpc) is 2.55. The van der Waals surface area contributed by atoms with Crippen LogP contribution in [0.5, 0.6) is 0 Å². The lowest BCUT2D eigenvalue weighted by atomic mass is 10.2. The number of carbonyl (C=O) groups excluding carboxylic acids is 1. The Hall–Kier alpha value is -0.690. The smallest absolute Gasteiger partial charge is 0.309 e. The van der Waals surface area contributed by atoms with Crippen molar-refractivity contribution in [2.45, 2.75) is 48.6 Å². The molecular formula is C18H41N3O3. The molecule has 0 spiro atoms. The van der Waals surface area contributed by atoms with Crippen molar-refractivity contribution in [1.29, 1.82) is 0 Å². The van der Waals surface area contributed by atoms with E-state index in [-0.39, 0.29) is 26.7 Å². The topological polar surface area (TPSA) is 54.0 Å². The molecule has 2 rings (SSSR count). The minimum Gasteiger partial charge on any atom is -0.449 e. The number of rotatable bonds is 4. The van der Waals surface area contributed by atoms with Crippen LogP contribution in [0, 0.1) is 5.92 Å². The van der Waals surface area contributed by atoms with Crippen molar-refractivity contribution in [1.82, 2.24) is 15.1 Å². The molecule has 0 aliphatic carbocycles. The highest BCUT2D eigenvalue weighted by Gasteiger charge is 2.14. The first kappa shape index (κ1) is 25.5. The largest absolute Gasteiger partial charge is 0.449 e. The van der Waals surface area contributed by atoms with E-state index >= 15 is 0 Å². The van der Waals surface area contributed by atoms with E-state index in [1.165, 1.54) is 13.1 Å². The Morgan fingerprint density at radius 2 is 1.58 bits per heavy atom. The van der Waals surface area contributed by atoms with Crippen molar-refractivity contribution in [3.8, 4) is 0 Å². The van der Waals surface area contributed by atoms with Gasteiger partial charge < -0.3 is 14.8 Å². The Bertz CT molecular complexity index is 300. The first-order chi connectivity index (χ1) is 10.5. The minimum atomic E-state index is -0.133. The molecule has 6 nitrogen and oxygen atoms in total. The Morgan fingerprint density at radius 3 is 2.00 bits per heavy atom. The highest BCUT2D eigenvalue weighted by Crippen LogP contribution is 2.00. The average molecular weight is 348 g/mol. The van der Waals surface area contributed by atoms with E-state index < -0.39 is 0 Å². The number of piperazine rings is 1. The molecule has 2 aliphatic heterocycles. The fraction of sp³-hybridized carbons (Fsp3) is 0.944. The van der Waals surface area contributed by atoms with E-state index in [4.69, 9.17) is 9.47 Å². The van der Waals surface area contributed by atoms with Crippen LogP contribution in [-0.4, -0.2) is 81.0 Å². The zero-order valence-electron chi connectivity index (χ0n) is 14.6. The molecular weight excluding hydrogens is 306 g/mol. The molecule has 24 heavy (non-hydrogen) atoms. The normalized spacial score (nSPS) is 18.9. The second-order valence-electron chi connectivity index (χ2n) is 6.36. The van der Waals surface area contributed by atoms with Crippen LogP contribution in [0.1, 0.15) is 42.5 Å². The van der Waals surface area contributed by atoms with Gasteiger partial charge in [0, 0.05) is 45.3 Å². The molecule has 0 aromatic carbocycles. The summed E-state index contributed by atoms with van der Waals surface area (Å²) in [5, 5.41) is 3.33. The van der Waals surface area contributed by atoms with Gasteiger partial charge in [0.25, 0.3) is 0 Å². The quantitative estimate of drug-likeness (QED) is 0.786. The van der Waals surface area contributed by atoms with E-state index in [1.54, 1.807) is 0 Å². The molecule has 0 saturated carbocycles. The molecule has 2 fully saturated rings. The van der Waals surface area contributed by atoms with Crippen molar-refractivity contribution in [2.75, 3.05) is 59.2 Å². The number of nitrogens with one attached hydrogen (secondary N) is 1. The summed E-state index contributed by atoms with van der Waals surface area (Å²) in [5.41, 5.74) is 0. The first-order valence-corrected chi connectivity index (χ1v) is 8.42. The van der Waals surface area contributed by atoms with Gasteiger partial charge in [0.15, 0.2) is 0 Å². The Morgan fingerprint density at radius 1 is 1.04 bits per heavy atom. The summed E-state index contributed by atoms with van der Waals surface area (Å²) >= 11 is 0. The molecule has 1 N–H and O–H groups in total. The third-order valence-electron chi connectivity index (χ3n) is 3.85. The van der Waals surface area contributed by atoms with Crippen LogP contribution < -0.4 is 5.32 Å². The van der Waals surface area contributed by atoms with Gasteiger partial charge in [-0.2, -0.15) is 0 Å². The molecule has 0 bridgehead atoms. The van der Waals surface area contributed by atoms with Gasteiger partial charge in [0.05, 0.1) is 19.1 Å². The standard InChI is InChI=1S/C9H17NO3.C7H16N2.2CH4/c1-8(2)9(11)13-7-10-3-5-12-6-4-10;1-7(2)9-5-3-8-4-6-9;;/h8H,3-7H2,1-2H3;7-8H,3-6H2,1-2H3;2*1H4. The molecule has 0 unspecified atom stereocenters. The molecule has 0 amide bonds. The third-order valence-corrected chi connectivity index (χ3v) is 3.85. The zero-order valence-corrected chi connectivity index (χ0v) is 14.6. The van der Waals surface area contributed by atoms with Crippen molar-refractivity contribution in [3.05, 3.63) is 0 Å². The van der Waals surface area contributed by atoms with Gasteiger partial charge in [-0.05, 0) is 13.8 Å². The van der Waals surface area contributed by atoms with Crippen LogP contribution in [0.3, 0.4) is 0 Å². The van der Waals surface area contributed by atoms with E-state index in [0.29, 0.717) is 6.73 Å². The Kier molecular flexibility index (Phi) is 15.6. The first-order valence-electron chi connectivity index (χ1n) is 8.42. The lowest BCUT2D eigenvalue weighted by molar-refractivity contribution is -0.154. The third kappa shape index (κ3) is 11.0. The predicted molar refractivity (Wildman–Crippen MR) is 101 cm³/mol. The molecule has 0 radical (unpaired) electrons. The molecule has 2 aliphatic rings. The monoisotopic (exact) mass is 347 g/mol. The molecule has 0 aromatic rings. The molecule has 146 valence electrons. The van der Waals surface area contributed by atoms with Gasteiger partial charge in [-0.1, -0.05) is 28.7 Å². The SMILES string of the molecule is C.C.CC(C)C(=O)OCN1CCOCC1.CC(C)N1CCNCC1. The lowest BCUT2D eigenvalue weighted by Gasteiger charge is -2.30. The molecule has 0 atom stereocenters. The summed E-state index contributed by atoms with van der Waals surface area (Å²) in [5.74, 6) is -0.174. The summed E-state index contributed by atoms with van der Waals surface area (Å²) < 4.78 is 10.2. The van der Waals surface area contributed by atoms with E-state index in [1.807, 2.05) is 13.8 Å². The van der Waals surface area contributed by atoms with Crippen molar-refractivity contribution in [3.63, 3.8) is 0 Å². The zero-order chi connectivity index (χ0) is 16.4. The van der Waals surface area contributed by atoms with Crippen LogP contribution in [0.4, 0.5) is 0 Å². The maximum atomic E-state index is 11.1. The number of hydrogen-bond acceptors (Lipinski definition) is 6. The van der Waals surface area contributed by atoms with Crippen LogP contribution in [-0.2, 0) is 14.3 Å². The van der Waals surface area contributed by atoms with Crippen molar-refractivity contribution < 1.29 is 14.3 Å². The number of hydrogen-bond donors (Lipinski definition) is 1. The van der Waals surface area contributed by atoms with Crippen LogP contribution in [0.2, 0.25) is 0 Å². The highest BCUT2D eigenvalue weighted by atomic mass is 16.5. The molecule has 2 saturated heterocycles. The summed E-state index contributed by atoms with van der Waals surface area (Å²) in [6, 6.07) is 0.729. The van der Waals surface area contributed by atoms with E-state index in [0.717, 1.165) is 45.4 Å². The van der Waals surface area contributed by atoms with E-state index in [9.17, 15) is 4.79 Å². The second kappa shape index (κ2) is 14.6. The van der Waals surface area contributed by atoms with Gasteiger partial charge in [-0.15, -0.1) is 0 Å². The van der Waals surface area contributed by atoms with Gasteiger partial charge in [0.2, 0.25) is 0 Å². The maximum absolute atomic E-state index is 11.1. The summed E-state index contributed by atoms with van der Waals surface area (Å²) in [6.45, 7) is 16.5. The van der Waals surface area contributed by atoms with Gasteiger partial charge in [0.1, 0.15) is 6.73 Å². The van der Waals surface area contributed by atoms with E-state index in [2.05, 4.69) is 29.0 Å². The summed E-state index contributed by atoms with van der Waals surface area (Å²) in [4.78, 5) is 15.7. The predicted octanol–water partition coefficient (Wildman–Crippen LogP) is 2.05. The Labute approximate surface area is 149 Å². The van der Waals surface area contributed by atoms with Crippen LogP contribution in [0.15, 0.2) is 0 Å². The summed E-state index contributed by atoms with van der Waals surface area (Å²) in [7, 11) is 0. The molecule has 6 heteroatoms. The number of morpholine rings is 1. The molecule has 0 aromatic heterocycles. The van der Waals surface area contributed by atoms with Crippen molar-refractivity contribution >= 4 is 5.97 Å². The fourth-order valence-corrected chi connectivity index (χ4v) is 2.25. The van der Waals surface area contributed by atoms with Crippen molar-refractivity contribution in [2.24, 2.45) is 5.92 Å². The number of nitrogens with zero attached hydrogens (tertiary/aromatic N) is 2. The van der Waals surface area contributed by atoms with Gasteiger partial charge in [-0.25, -0.2) is 0 Å². The van der Waals surface area contributed by atoms with Crippen LogP contribution >= 0.6 is 0 Å². The Balaban J connectivity index is 0. The number of esters is 1. The molecule has 2 heterocycles. The van der Waals surface area contributed by atoms with Gasteiger partial charge >= 0.3 is 5.97 Å². The minimum absolute atomic E-state index is 0. The number of ether oxygens (including phenoxy) is 2.